The summed E-state index contributed by atoms with van der Waals surface area (Å²) in [7, 11) is 0. The number of carbonyl (C=O) groups excluding carboxylic acids is 1. The zero-order valence-electron chi connectivity index (χ0n) is 14.2. The van der Waals surface area contributed by atoms with E-state index in [1.54, 1.807) is 17.0 Å². The molecule has 0 spiro atoms. The molecule has 134 valence electrons. The number of halogens is 3. The second-order valence-electron chi connectivity index (χ2n) is 5.70. The largest absolute Gasteiger partial charge is 0.416 e. The van der Waals surface area contributed by atoms with E-state index >= 15 is 0 Å². The van der Waals surface area contributed by atoms with Gasteiger partial charge in [-0.2, -0.15) is 13.2 Å². The van der Waals surface area contributed by atoms with Crippen molar-refractivity contribution in [2.75, 3.05) is 11.9 Å². The standard InChI is InChI=1S/C19H21F3N2O/c1-3-24(14(2)25)13-16-9-5-7-11-18(16)23-12-15-8-4-6-10-17(15)19(20,21)22/h4-11,23H,3,12-13H2,1-2H3. The van der Waals surface area contributed by atoms with E-state index in [2.05, 4.69) is 5.32 Å². The number of nitrogens with zero attached hydrogens (tertiary/aromatic N) is 1. The summed E-state index contributed by atoms with van der Waals surface area (Å²) in [5.74, 6) is -0.0419. The number of amides is 1. The van der Waals surface area contributed by atoms with Crippen molar-refractivity contribution in [1.29, 1.82) is 0 Å². The molecule has 0 bridgehead atoms. The summed E-state index contributed by atoms with van der Waals surface area (Å²) >= 11 is 0. The molecule has 0 heterocycles. The molecule has 1 amide bonds. The molecular weight excluding hydrogens is 329 g/mol. The third-order valence-corrected chi connectivity index (χ3v) is 4.00. The average molecular weight is 350 g/mol. The summed E-state index contributed by atoms with van der Waals surface area (Å²) < 4.78 is 39.3. The number of alkyl halides is 3. The molecule has 0 aromatic heterocycles. The highest BCUT2D eigenvalue weighted by molar-refractivity contribution is 5.73. The second kappa shape index (κ2) is 8.05. The lowest BCUT2D eigenvalue weighted by Crippen LogP contribution is -2.28. The maximum absolute atomic E-state index is 13.1. The van der Waals surface area contributed by atoms with Gasteiger partial charge in [0.2, 0.25) is 5.91 Å². The maximum Gasteiger partial charge on any atom is 0.416 e. The predicted octanol–water partition coefficient (Wildman–Crippen LogP) is 4.69. The minimum atomic E-state index is -4.38. The predicted molar refractivity (Wildman–Crippen MR) is 92.0 cm³/mol. The van der Waals surface area contributed by atoms with Crippen molar-refractivity contribution in [3.8, 4) is 0 Å². The molecule has 0 saturated carbocycles. The number of hydrogen-bond acceptors (Lipinski definition) is 2. The molecule has 0 aliphatic rings. The number of benzene rings is 2. The number of carbonyl (C=O) groups is 1. The summed E-state index contributed by atoms with van der Waals surface area (Å²) in [6, 6.07) is 12.8. The Morgan fingerprint density at radius 1 is 1.04 bits per heavy atom. The van der Waals surface area contributed by atoms with E-state index in [-0.39, 0.29) is 18.0 Å². The summed E-state index contributed by atoms with van der Waals surface area (Å²) in [6.07, 6.45) is -4.38. The quantitative estimate of drug-likeness (QED) is 0.820. The summed E-state index contributed by atoms with van der Waals surface area (Å²) in [5, 5.41) is 3.07. The Morgan fingerprint density at radius 2 is 1.64 bits per heavy atom. The molecule has 0 aliphatic carbocycles. The Kier molecular flexibility index (Phi) is 6.07. The van der Waals surface area contributed by atoms with Gasteiger partial charge in [0.05, 0.1) is 5.56 Å². The van der Waals surface area contributed by atoms with Gasteiger partial charge in [-0.3, -0.25) is 4.79 Å². The molecule has 0 unspecified atom stereocenters. The number of hydrogen-bond donors (Lipinski definition) is 1. The van der Waals surface area contributed by atoms with Crippen molar-refractivity contribution in [2.45, 2.75) is 33.1 Å². The Balaban J connectivity index is 2.19. The third-order valence-electron chi connectivity index (χ3n) is 4.00. The smallest absolute Gasteiger partial charge is 0.381 e. The van der Waals surface area contributed by atoms with Crippen LogP contribution >= 0.6 is 0 Å². The third kappa shape index (κ3) is 4.98. The zero-order chi connectivity index (χ0) is 18.4. The highest BCUT2D eigenvalue weighted by atomic mass is 19.4. The molecule has 2 rings (SSSR count). The van der Waals surface area contributed by atoms with E-state index in [9.17, 15) is 18.0 Å². The van der Waals surface area contributed by atoms with Gasteiger partial charge >= 0.3 is 6.18 Å². The van der Waals surface area contributed by atoms with Crippen LogP contribution < -0.4 is 5.32 Å². The summed E-state index contributed by atoms with van der Waals surface area (Å²) in [5.41, 5.74) is 1.13. The van der Waals surface area contributed by atoms with E-state index in [0.29, 0.717) is 13.1 Å². The fourth-order valence-corrected chi connectivity index (χ4v) is 2.62. The zero-order valence-corrected chi connectivity index (χ0v) is 14.2. The minimum Gasteiger partial charge on any atom is -0.381 e. The van der Waals surface area contributed by atoms with Gasteiger partial charge in [-0.15, -0.1) is 0 Å². The normalized spacial score (nSPS) is 11.2. The van der Waals surface area contributed by atoms with Crippen LogP contribution in [0.3, 0.4) is 0 Å². The van der Waals surface area contributed by atoms with E-state index in [1.807, 2.05) is 25.1 Å². The van der Waals surface area contributed by atoms with Gasteiger partial charge in [-0.25, -0.2) is 0 Å². The van der Waals surface area contributed by atoms with Crippen LogP contribution in [0.4, 0.5) is 18.9 Å². The molecule has 6 heteroatoms. The van der Waals surface area contributed by atoms with Crippen LogP contribution in [0.5, 0.6) is 0 Å². The molecule has 2 aromatic rings. The molecule has 25 heavy (non-hydrogen) atoms. The van der Waals surface area contributed by atoms with Gasteiger partial charge < -0.3 is 10.2 Å². The van der Waals surface area contributed by atoms with Crippen LogP contribution in [0.25, 0.3) is 0 Å². The number of rotatable bonds is 6. The number of nitrogens with one attached hydrogen (secondary N) is 1. The van der Waals surface area contributed by atoms with E-state index in [1.165, 1.54) is 19.1 Å². The topological polar surface area (TPSA) is 32.3 Å². The Labute approximate surface area is 145 Å². The average Bonchev–Trinajstić information content (AvgIpc) is 2.57. The second-order valence-corrected chi connectivity index (χ2v) is 5.70. The summed E-state index contributed by atoms with van der Waals surface area (Å²) in [6.45, 7) is 4.42. The van der Waals surface area contributed by atoms with Crippen molar-refractivity contribution in [3.63, 3.8) is 0 Å². The van der Waals surface area contributed by atoms with Gasteiger partial charge in [-0.05, 0) is 30.2 Å². The van der Waals surface area contributed by atoms with Crippen LogP contribution in [-0.4, -0.2) is 17.4 Å². The molecule has 0 fully saturated rings. The van der Waals surface area contributed by atoms with Gasteiger partial charge in [0.15, 0.2) is 0 Å². The van der Waals surface area contributed by atoms with Crippen LogP contribution in [-0.2, 0) is 24.1 Å². The highest BCUT2D eigenvalue weighted by Gasteiger charge is 2.32. The molecule has 0 radical (unpaired) electrons. The van der Waals surface area contributed by atoms with Crippen LogP contribution in [0, 0.1) is 0 Å². The SMILES string of the molecule is CCN(Cc1ccccc1NCc1ccccc1C(F)(F)F)C(C)=O. The van der Waals surface area contributed by atoms with Gasteiger partial charge in [0.1, 0.15) is 0 Å². The van der Waals surface area contributed by atoms with Crippen molar-refractivity contribution in [3.05, 3.63) is 65.2 Å². The van der Waals surface area contributed by atoms with Gasteiger partial charge in [0.25, 0.3) is 0 Å². The number of anilines is 1. The molecule has 0 saturated heterocycles. The molecule has 0 atom stereocenters. The van der Waals surface area contributed by atoms with E-state index < -0.39 is 11.7 Å². The Bertz CT molecular complexity index is 729. The molecule has 2 aromatic carbocycles. The lowest BCUT2D eigenvalue weighted by molar-refractivity contribution is -0.138. The Morgan fingerprint density at radius 3 is 2.24 bits per heavy atom. The molecule has 3 nitrogen and oxygen atoms in total. The van der Waals surface area contributed by atoms with Gasteiger partial charge in [0, 0.05) is 32.2 Å². The highest BCUT2D eigenvalue weighted by Crippen LogP contribution is 2.32. The van der Waals surface area contributed by atoms with Crippen molar-refractivity contribution >= 4 is 11.6 Å². The minimum absolute atomic E-state index is 0.0419. The first-order valence-electron chi connectivity index (χ1n) is 8.05. The lowest BCUT2D eigenvalue weighted by atomic mass is 10.1. The van der Waals surface area contributed by atoms with Crippen molar-refractivity contribution < 1.29 is 18.0 Å². The van der Waals surface area contributed by atoms with Gasteiger partial charge in [-0.1, -0.05) is 36.4 Å². The fraction of sp³-hybridized carbons (Fsp3) is 0.316. The maximum atomic E-state index is 13.1. The van der Waals surface area contributed by atoms with E-state index in [0.717, 1.165) is 17.3 Å². The number of para-hydroxylation sites is 1. The first-order valence-corrected chi connectivity index (χ1v) is 8.05. The van der Waals surface area contributed by atoms with Crippen LogP contribution in [0.15, 0.2) is 48.5 Å². The molecule has 1 N–H and O–H groups in total. The molecular formula is C19H21F3N2O. The first kappa shape index (κ1) is 18.8. The Hall–Kier alpha value is -2.50. The summed E-state index contributed by atoms with van der Waals surface area (Å²) in [4.78, 5) is 13.3. The lowest BCUT2D eigenvalue weighted by Gasteiger charge is -2.21. The van der Waals surface area contributed by atoms with Crippen LogP contribution in [0.2, 0.25) is 0 Å². The monoisotopic (exact) mass is 350 g/mol. The van der Waals surface area contributed by atoms with E-state index in [4.69, 9.17) is 0 Å². The molecule has 0 aliphatic heterocycles. The van der Waals surface area contributed by atoms with Crippen molar-refractivity contribution in [1.82, 2.24) is 4.90 Å². The van der Waals surface area contributed by atoms with Crippen LogP contribution in [0.1, 0.15) is 30.5 Å². The fourth-order valence-electron chi connectivity index (χ4n) is 2.62. The van der Waals surface area contributed by atoms with Crippen molar-refractivity contribution in [2.24, 2.45) is 0 Å². The first-order chi connectivity index (χ1) is 11.8.